The van der Waals surface area contributed by atoms with Gasteiger partial charge in [0.1, 0.15) is 6.29 Å². The van der Waals surface area contributed by atoms with Crippen molar-refractivity contribution in [3.8, 4) is 0 Å². The van der Waals surface area contributed by atoms with E-state index in [1.54, 1.807) is 0 Å². The van der Waals surface area contributed by atoms with Gasteiger partial charge in [0.15, 0.2) is 0 Å². The number of carbonyl (C=O) groups excluding carboxylic acids is 1. The maximum absolute atomic E-state index is 10.8. The summed E-state index contributed by atoms with van der Waals surface area (Å²) in [5.74, 6) is 0. The lowest BCUT2D eigenvalue weighted by Gasteiger charge is -2.37. The molecule has 1 aromatic carbocycles. The number of aldehydes is 1. The minimum Gasteiger partial charge on any atom is -0.372 e. The molecule has 0 N–H and O–H groups in total. The molecule has 0 amide bonds. The molecule has 92 valence electrons. The molecule has 0 aliphatic carbocycles. The van der Waals surface area contributed by atoms with E-state index in [1.165, 1.54) is 5.69 Å². The van der Waals surface area contributed by atoms with E-state index in [2.05, 4.69) is 24.8 Å². The van der Waals surface area contributed by atoms with E-state index in [0.29, 0.717) is 0 Å². The Balaban J connectivity index is 2.21. The summed E-state index contributed by atoms with van der Waals surface area (Å²) in [5.41, 5.74) is 2.97. The Hall–Kier alpha value is -1.35. The van der Waals surface area contributed by atoms with Gasteiger partial charge in [-0.15, -0.1) is 0 Å². The van der Waals surface area contributed by atoms with Crippen LogP contribution < -0.4 is 4.90 Å². The summed E-state index contributed by atoms with van der Waals surface area (Å²) < 4.78 is 5.72. The number of nitrogens with zero attached hydrogens (tertiary/aromatic N) is 1. The summed E-state index contributed by atoms with van der Waals surface area (Å²) in [6.45, 7) is 7.97. The quantitative estimate of drug-likeness (QED) is 0.735. The molecule has 17 heavy (non-hydrogen) atoms. The van der Waals surface area contributed by atoms with E-state index in [0.717, 1.165) is 30.5 Å². The first-order chi connectivity index (χ1) is 8.10. The van der Waals surface area contributed by atoms with Crippen LogP contribution in [0.3, 0.4) is 0 Å². The van der Waals surface area contributed by atoms with Gasteiger partial charge in [0, 0.05) is 24.3 Å². The summed E-state index contributed by atoms with van der Waals surface area (Å²) in [7, 11) is 0. The number of carbonyl (C=O) groups is 1. The molecule has 2 rings (SSSR count). The molecule has 2 atom stereocenters. The van der Waals surface area contributed by atoms with Crippen molar-refractivity contribution in [1.82, 2.24) is 0 Å². The molecule has 0 unspecified atom stereocenters. The highest BCUT2D eigenvalue weighted by molar-refractivity contribution is 5.78. The summed E-state index contributed by atoms with van der Waals surface area (Å²) in [6.07, 6.45) is 1.42. The molecule has 3 nitrogen and oxygen atoms in total. The monoisotopic (exact) mass is 233 g/mol. The van der Waals surface area contributed by atoms with Crippen molar-refractivity contribution in [1.29, 1.82) is 0 Å². The van der Waals surface area contributed by atoms with Crippen LogP contribution in [0.25, 0.3) is 0 Å². The highest BCUT2D eigenvalue weighted by Crippen LogP contribution is 2.22. The Morgan fingerprint density at radius 1 is 1.29 bits per heavy atom. The van der Waals surface area contributed by atoms with Gasteiger partial charge in [-0.25, -0.2) is 0 Å². The third kappa shape index (κ3) is 2.67. The highest BCUT2D eigenvalue weighted by atomic mass is 16.5. The van der Waals surface area contributed by atoms with Crippen LogP contribution in [0.1, 0.15) is 29.8 Å². The molecule has 3 heteroatoms. The van der Waals surface area contributed by atoms with Gasteiger partial charge in [0.2, 0.25) is 0 Å². The summed E-state index contributed by atoms with van der Waals surface area (Å²) in [5, 5.41) is 0. The normalized spacial score (nSPS) is 24.8. The van der Waals surface area contributed by atoms with Crippen LogP contribution in [0.2, 0.25) is 0 Å². The zero-order valence-corrected chi connectivity index (χ0v) is 10.6. The van der Waals surface area contributed by atoms with Crippen molar-refractivity contribution in [2.45, 2.75) is 33.0 Å². The predicted molar refractivity (Wildman–Crippen MR) is 68.8 cm³/mol. The molecule has 1 heterocycles. The van der Waals surface area contributed by atoms with Crippen LogP contribution in [0, 0.1) is 6.92 Å². The topological polar surface area (TPSA) is 29.5 Å². The fraction of sp³-hybridized carbons (Fsp3) is 0.500. The maximum atomic E-state index is 10.8. The van der Waals surface area contributed by atoms with Gasteiger partial charge in [-0.2, -0.15) is 0 Å². The summed E-state index contributed by atoms with van der Waals surface area (Å²) in [6, 6.07) is 5.98. The minimum atomic E-state index is 0.254. The largest absolute Gasteiger partial charge is 0.372 e. The lowest BCUT2D eigenvalue weighted by atomic mass is 10.1. The van der Waals surface area contributed by atoms with Gasteiger partial charge in [-0.1, -0.05) is 0 Å². The van der Waals surface area contributed by atoms with Crippen LogP contribution in [-0.4, -0.2) is 31.6 Å². The van der Waals surface area contributed by atoms with Crippen molar-refractivity contribution >= 4 is 12.0 Å². The first-order valence-corrected chi connectivity index (χ1v) is 6.06. The lowest BCUT2D eigenvalue weighted by Crippen LogP contribution is -2.45. The summed E-state index contributed by atoms with van der Waals surface area (Å²) in [4.78, 5) is 13.1. The Labute approximate surface area is 102 Å². The Morgan fingerprint density at radius 3 is 2.47 bits per heavy atom. The molecule has 1 saturated heterocycles. The molecule has 1 aliphatic heterocycles. The third-order valence-electron chi connectivity index (χ3n) is 3.17. The van der Waals surface area contributed by atoms with Gasteiger partial charge in [-0.3, -0.25) is 4.79 Å². The second-order valence-electron chi connectivity index (χ2n) is 4.82. The van der Waals surface area contributed by atoms with E-state index in [4.69, 9.17) is 4.74 Å². The van der Waals surface area contributed by atoms with Crippen LogP contribution in [0.15, 0.2) is 18.2 Å². The predicted octanol–water partition coefficient (Wildman–Crippen LogP) is 2.42. The number of anilines is 1. The Bertz CT molecular complexity index is 407. The molecule has 1 aromatic rings. The molecular formula is C14H19NO2. The minimum absolute atomic E-state index is 0.254. The SMILES string of the molecule is Cc1cc(N2C[C@@H](C)O[C@@H](C)C2)ccc1C=O. The standard InChI is InChI=1S/C14H19NO2/c1-10-6-14(5-4-13(10)9-16)15-7-11(2)17-12(3)8-15/h4-6,9,11-12H,7-8H2,1-3H3/t11-,12+. The molecule has 0 saturated carbocycles. The van der Waals surface area contributed by atoms with Crippen LogP contribution in [-0.2, 0) is 4.74 Å². The molecule has 0 aromatic heterocycles. The maximum Gasteiger partial charge on any atom is 0.150 e. The summed E-state index contributed by atoms with van der Waals surface area (Å²) >= 11 is 0. The molecule has 0 radical (unpaired) electrons. The number of benzene rings is 1. The fourth-order valence-electron chi connectivity index (χ4n) is 2.38. The molecule has 1 aliphatic rings. The molecule has 0 spiro atoms. The van der Waals surface area contributed by atoms with E-state index in [9.17, 15) is 4.79 Å². The number of rotatable bonds is 2. The van der Waals surface area contributed by atoms with Crippen molar-refractivity contribution in [3.05, 3.63) is 29.3 Å². The van der Waals surface area contributed by atoms with Crippen LogP contribution in [0.5, 0.6) is 0 Å². The molecule has 0 bridgehead atoms. The molecule has 1 fully saturated rings. The van der Waals surface area contributed by atoms with Crippen LogP contribution in [0.4, 0.5) is 5.69 Å². The van der Waals surface area contributed by atoms with Gasteiger partial charge in [0.05, 0.1) is 12.2 Å². The van der Waals surface area contributed by atoms with Crippen LogP contribution >= 0.6 is 0 Å². The number of hydrogen-bond acceptors (Lipinski definition) is 3. The second kappa shape index (κ2) is 4.88. The number of ether oxygens (including phenoxy) is 1. The van der Waals surface area contributed by atoms with Gasteiger partial charge >= 0.3 is 0 Å². The van der Waals surface area contributed by atoms with Gasteiger partial charge < -0.3 is 9.64 Å². The average molecular weight is 233 g/mol. The first-order valence-electron chi connectivity index (χ1n) is 6.06. The highest BCUT2D eigenvalue weighted by Gasteiger charge is 2.22. The number of morpholine rings is 1. The van der Waals surface area contributed by atoms with E-state index in [-0.39, 0.29) is 12.2 Å². The van der Waals surface area contributed by atoms with Gasteiger partial charge in [-0.05, 0) is 44.5 Å². The number of aryl methyl sites for hydroxylation is 1. The van der Waals surface area contributed by atoms with Crippen molar-refractivity contribution in [2.75, 3.05) is 18.0 Å². The van der Waals surface area contributed by atoms with E-state index in [1.807, 2.05) is 19.1 Å². The van der Waals surface area contributed by atoms with Crippen molar-refractivity contribution in [3.63, 3.8) is 0 Å². The zero-order valence-electron chi connectivity index (χ0n) is 10.6. The Morgan fingerprint density at radius 2 is 1.94 bits per heavy atom. The van der Waals surface area contributed by atoms with Gasteiger partial charge in [0.25, 0.3) is 0 Å². The second-order valence-corrected chi connectivity index (χ2v) is 4.82. The Kier molecular flexibility index (Phi) is 3.48. The third-order valence-corrected chi connectivity index (χ3v) is 3.17. The van der Waals surface area contributed by atoms with E-state index < -0.39 is 0 Å². The van der Waals surface area contributed by atoms with Crippen molar-refractivity contribution < 1.29 is 9.53 Å². The lowest BCUT2D eigenvalue weighted by molar-refractivity contribution is -0.00522. The fourth-order valence-corrected chi connectivity index (χ4v) is 2.38. The van der Waals surface area contributed by atoms with Crippen molar-refractivity contribution in [2.24, 2.45) is 0 Å². The zero-order chi connectivity index (χ0) is 12.4. The smallest absolute Gasteiger partial charge is 0.150 e. The number of hydrogen-bond donors (Lipinski definition) is 0. The van der Waals surface area contributed by atoms with E-state index >= 15 is 0 Å². The average Bonchev–Trinajstić information content (AvgIpc) is 2.27. The first kappa shape index (κ1) is 12.1. The molecular weight excluding hydrogens is 214 g/mol.